The van der Waals surface area contributed by atoms with E-state index >= 15 is 0 Å². The second-order valence-corrected chi connectivity index (χ2v) is 5.70. The van der Waals surface area contributed by atoms with Gasteiger partial charge in [0.05, 0.1) is 12.7 Å². The third-order valence-electron chi connectivity index (χ3n) is 3.72. The fourth-order valence-corrected chi connectivity index (χ4v) is 2.58. The lowest BCUT2D eigenvalue weighted by molar-refractivity contribution is 0.0273. The van der Waals surface area contributed by atoms with Gasteiger partial charge in [-0.25, -0.2) is 0 Å². The number of rotatable bonds is 9. The van der Waals surface area contributed by atoms with Crippen LogP contribution in [-0.2, 0) is 4.74 Å². The minimum atomic E-state index is 0.358. The van der Waals surface area contributed by atoms with Crippen molar-refractivity contribution in [3.8, 4) is 0 Å². The molecular formula is C15H32N2O. The molecule has 1 aliphatic rings. The molecule has 1 unspecified atom stereocenters. The summed E-state index contributed by atoms with van der Waals surface area (Å²) in [4.78, 5) is 4.92. The Morgan fingerprint density at radius 1 is 1.22 bits per heavy atom. The van der Waals surface area contributed by atoms with Crippen molar-refractivity contribution in [2.45, 2.75) is 52.1 Å². The van der Waals surface area contributed by atoms with Crippen molar-refractivity contribution in [2.75, 3.05) is 46.4 Å². The Hall–Kier alpha value is -0.120. The normalized spacial score (nSPS) is 19.3. The average molecular weight is 256 g/mol. The minimum Gasteiger partial charge on any atom is -0.376 e. The number of piperidine rings is 1. The maximum absolute atomic E-state index is 5.91. The van der Waals surface area contributed by atoms with Crippen LogP contribution in [0, 0.1) is 0 Å². The molecular weight excluding hydrogens is 224 g/mol. The van der Waals surface area contributed by atoms with Crippen LogP contribution < -0.4 is 0 Å². The number of hydrogen-bond donors (Lipinski definition) is 0. The van der Waals surface area contributed by atoms with Crippen molar-refractivity contribution in [1.82, 2.24) is 9.80 Å². The van der Waals surface area contributed by atoms with Crippen LogP contribution in [-0.4, -0.2) is 62.3 Å². The van der Waals surface area contributed by atoms with Crippen LogP contribution in [0.15, 0.2) is 0 Å². The third kappa shape index (κ3) is 7.34. The number of likely N-dealkylation sites (tertiary alicyclic amines) is 1. The fourth-order valence-electron chi connectivity index (χ4n) is 2.58. The highest BCUT2D eigenvalue weighted by molar-refractivity contribution is 4.65. The number of hydrogen-bond acceptors (Lipinski definition) is 3. The lowest BCUT2D eigenvalue weighted by atomic mass is 10.1. The monoisotopic (exact) mass is 256 g/mol. The average Bonchev–Trinajstić information content (AvgIpc) is 2.37. The molecule has 108 valence electrons. The van der Waals surface area contributed by atoms with E-state index in [1.54, 1.807) is 0 Å². The van der Waals surface area contributed by atoms with Crippen molar-refractivity contribution in [3.05, 3.63) is 0 Å². The van der Waals surface area contributed by atoms with Gasteiger partial charge in [0.2, 0.25) is 0 Å². The van der Waals surface area contributed by atoms with Crippen molar-refractivity contribution in [3.63, 3.8) is 0 Å². The number of ether oxygens (including phenoxy) is 1. The first-order valence-corrected chi connectivity index (χ1v) is 7.75. The van der Waals surface area contributed by atoms with Crippen LogP contribution >= 0.6 is 0 Å². The van der Waals surface area contributed by atoms with Gasteiger partial charge in [0, 0.05) is 13.1 Å². The fraction of sp³-hybridized carbons (Fsp3) is 1.00. The summed E-state index contributed by atoms with van der Waals surface area (Å²) in [5.74, 6) is 0. The summed E-state index contributed by atoms with van der Waals surface area (Å²) in [6, 6.07) is 0. The van der Waals surface area contributed by atoms with Crippen LogP contribution in [0.5, 0.6) is 0 Å². The Balaban J connectivity index is 1.99. The molecule has 0 aliphatic carbocycles. The quantitative estimate of drug-likeness (QED) is 0.631. The largest absolute Gasteiger partial charge is 0.376 e. The zero-order valence-electron chi connectivity index (χ0n) is 12.7. The van der Waals surface area contributed by atoms with Gasteiger partial charge in [0.15, 0.2) is 0 Å². The first-order chi connectivity index (χ1) is 8.72. The van der Waals surface area contributed by atoms with Gasteiger partial charge in [0.1, 0.15) is 0 Å². The topological polar surface area (TPSA) is 15.7 Å². The Labute approximate surface area is 113 Å². The zero-order valence-corrected chi connectivity index (χ0v) is 12.7. The molecule has 0 spiro atoms. The molecule has 0 amide bonds. The molecule has 1 saturated heterocycles. The highest BCUT2D eigenvalue weighted by Crippen LogP contribution is 2.08. The van der Waals surface area contributed by atoms with Crippen LogP contribution in [0.2, 0.25) is 0 Å². The van der Waals surface area contributed by atoms with Gasteiger partial charge in [-0.05, 0) is 52.9 Å². The lowest BCUT2D eigenvalue weighted by Crippen LogP contribution is -2.35. The summed E-state index contributed by atoms with van der Waals surface area (Å²) < 4.78 is 5.91. The first kappa shape index (κ1) is 15.9. The molecule has 0 aromatic heterocycles. The summed E-state index contributed by atoms with van der Waals surface area (Å²) in [7, 11) is 2.19. The molecule has 0 saturated carbocycles. The van der Waals surface area contributed by atoms with Crippen LogP contribution in [0.25, 0.3) is 0 Å². The molecule has 0 N–H and O–H groups in total. The first-order valence-electron chi connectivity index (χ1n) is 7.75. The predicted molar refractivity (Wildman–Crippen MR) is 78.1 cm³/mol. The van der Waals surface area contributed by atoms with E-state index in [1.807, 2.05) is 0 Å². The van der Waals surface area contributed by atoms with E-state index < -0.39 is 0 Å². The van der Waals surface area contributed by atoms with E-state index in [4.69, 9.17) is 4.74 Å². The molecule has 1 fully saturated rings. The summed E-state index contributed by atoms with van der Waals surface area (Å²) >= 11 is 0. The van der Waals surface area contributed by atoms with Gasteiger partial charge in [-0.3, -0.25) is 0 Å². The lowest BCUT2D eigenvalue weighted by Gasteiger charge is -2.27. The smallest absolute Gasteiger partial charge is 0.0674 e. The molecule has 0 aromatic rings. The summed E-state index contributed by atoms with van der Waals surface area (Å²) in [6.07, 6.45) is 7.07. The van der Waals surface area contributed by atoms with E-state index in [1.165, 1.54) is 51.7 Å². The molecule has 1 heterocycles. The molecule has 1 aliphatic heterocycles. The Bertz CT molecular complexity index is 193. The van der Waals surface area contributed by atoms with E-state index in [9.17, 15) is 0 Å². The van der Waals surface area contributed by atoms with Gasteiger partial charge in [-0.2, -0.15) is 0 Å². The van der Waals surface area contributed by atoms with Crippen LogP contribution in [0.3, 0.4) is 0 Å². The van der Waals surface area contributed by atoms with Gasteiger partial charge < -0.3 is 14.5 Å². The summed E-state index contributed by atoms with van der Waals surface area (Å²) in [5.41, 5.74) is 0. The second kappa shape index (κ2) is 9.76. The van der Waals surface area contributed by atoms with Gasteiger partial charge in [0.25, 0.3) is 0 Å². The number of unbranched alkanes of at least 4 members (excludes halogenated alkanes) is 1. The van der Waals surface area contributed by atoms with E-state index in [2.05, 4.69) is 30.7 Å². The number of likely N-dealkylation sites (N-methyl/N-ethyl adjacent to an activating group) is 1. The molecule has 3 nitrogen and oxygen atoms in total. The zero-order chi connectivity index (χ0) is 13.2. The van der Waals surface area contributed by atoms with Crippen LogP contribution in [0.1, 0.15) is 46.0 Å². The highest BCUT2D eigenvalue weighted by Gasteiger charge is 2.11. The molecule has 0 aromatic carbocycles. The third-order valence-corrected chi connectivity index (χ3v) is 3.72. The van der Waals surface area contributed by atoms with Crippen molar-refractivity contribution in [2.24, 2.45) is 0 Å². The van der Waals surface area contributed by atoms with Gasteiger partial charge >= 0.3 is 0 Å². The number of nitrogens with zero attached hydrogens (tertiary/aromatic N) is 2. The molecule has 1 rings (SSSR count). The summed E-state index contributed by atoms with van der Waals surface area (Å²) in [6.45, 7) is 11.2. The van der Waals surface area contributed by atoms with E-state index in [0.717, 1.165) is 19.7 Å². The molecule has 0 bridgehead atoms. The van der Waals surface area contributed by atoms with Gasteiger partial charge in [-0.15, -0.1) is 0 Å². The second-order valence-electron chi connectivity index (χ2n) is 5.70. The standard InChI is InChI=1S/C15H32N2O/c1-4-5-9-16(3)14-15(2)18-13-12-17-10-7-6-8-11-17/h15H,4-14H2,1-3H3. The maximum Gasteiger partial charge on any atom is 0.0674 e. The molecule has 0 radical (unpaired) electrons. The van der Waals surface area contributed by atoms with Crippen molar-refractivity contribution >= 4 is 0 Å². The molecule has 3 heteroatoms. The van der Waals surface area contributed by atoms with Crippen molar-refractivity contribution in [1.29, 1.82) is 0 Å². The van der Waals surface area contributed by atoms with Gasteiger partial charge in [-0.1, -0.05) is 19.8 Å². The van der Waals surface area contributed by atoms with Crippen molar-refractivity contribution < 1.29 is 4.74 Å². The predicted octanol–water partition coefficient (Wildman–Crippen LogP) is 2.61. The Kier molecular flexibility index (Phi) is 8.64. The SMILES string of the molecule is CCCCN(C)CC(C)OCCN1CCCCC1. The summed E-state index contributed by atoms with van der Waals surface area (Å²) in [5, 5.41) is 0. The Morgan fingerprint density at radius 3 is 2.61 bits per heavy atom. The molecule has 1 atom stereocenters. The van der Waals surface area contributed by atoms with Crippen LogP contribution in [0.4, 0.5) is 0 Å². The van der Waals surface area contributed by atoms with E-state index in [-0.39, 0.29) is 0 Å². The van der Waals surface area contributed by atoms with E-state index in [0.29, 0.717) is 6.10 Å². The highest BCUT2D eigenvalue weighted by atomic mass is 16.5. The minimum absolute atomic E-state index is 0.358. The Morgan fingerprint density at radius 2 is 1.94 bits per heavy atom. The molecule has 18 heavy (non-hydrogen) atoms. The maximum atomic E-state index is 5.91.